The van der Waals surface area contributed by atoms with Crippen molar-refractivity contribution in [1.82, 2.24) is 9.80 Å². The topological polar surface area (TPSA) is 68.3 Å². The lowest BCUT2D eigenvalue weighted by Gasteiger charge is -2.59. The summed E-state index contributed by atoms with van der Waals surface area (Å²) in [4.78, 5) is 29.3. The van der Waals surface area contributed by atoms with Gasteiger partial charge in [-0.25, -0.2) is 0 Å². The summed E-state index contributed by atoms with van der Waals surface area (Å²) in [6.45, 7) is 2.24. The maximum atomic E-state index is 13.3. The second-order valence-corrected chi connectivity index (χ2v) is 11.4. The van der Waals surface area contributed by atoms with Gasteiger partial charge in [-0.1, -0.05) is 5.92 Å². The van der Waals surface area contributed by atoms with Crippen molar-refractivity contribution in [3.05, 3.63) is 52.6 Å². The fourth-order valence-corrected chi connectivity index (χ4v) is 7.65. The van der Waals surface area contributed by atoms with Crippen LogP contribution in [0.4, 0.5) is 13.2 Å². The summed E-state index contributed by atoms with van der Waals surface area (Å²) in [5.74, 6) is 6.42. The quantitative estimate of drug-likeness (QED) is 0.315. The lowest BCUT2D eigenvalue weighted by Crippen LogP contribution is -2.68. The first-order valence-electron chi connectivity index (χ1n) is 13.7. The van der Waals surface area contributed by atoms with Gasteiger partial charge in [0.15, 0.2) is 11.5 Å². The number of carbonyl (C=O) groups is 2. The van der Waals surface area contributed by atoms with Gasteiger partial charge in [0.1, 0.15) is 11.9 Å². The molecule has 0 unspecified atom stereocenters. The highest BCUT2D eigenvalue weighted by molar-refractivity contribution is 5.94. The number of amides is 1. The fourth-order valence-electron chi connectivity index (χ4n) is 7.65. The van der Waals surface area contributed by atoms with E-state index in [1.165, 1.54) is 19.1 Å². The second-order valence-electron chi connectivity index (χ2n) is 11.4. The molecule has 2 aliphatic heterocycles. The number of rotatable bonds is 3. The van der Waals surface area contributed by atoms with E-state index in [0.29, 0.717) is 29.2 Å². The maximum absolute atomic E-state index is 13.3. The zero-order chi connectivity index (χ0) is 29.3. The van der Waals surface area contributed by atoms with Gasteiger partial charge >= 0.3 is 12.1 Å². The Kier molecular flexibility index (Phi) is 6.49. The van der Waals surface area contributed by atoms with Gasteiger partial charge in [0.05, 0.1) is 18.7 Å². The van der Waals surface area contributed by atoms with Crippen LogP contribution < -0.4 is 14.2 Å². The highest BCUT2D eigenvalue weighted by Crippen LogP contribution is 2.65. The SMILES string of the molecule is COc1cc(OC(C)=O)c2c3c1O[C@H]1[C@@H](N(C)C(=O)C#Cc4ccc(C(F)(F)F)cc4)CC[C@H]4[C@@H](C2)N(C)CC[C@@]341. The van der Waals surface area contributed by atoms with Crippen LogP contribution in [-0.4, -0.2) is 67.6 Å². The Balaban J connectivity index is 1.35. The first-order chi connectivity index (χ1) is 19.5. The molecule has 2 bridgehead atoms. The molecule has 1 amide bonds. The van der Waals surface area contributed by atoms with Gasteiger partial charge in [0.25, 0.3) is 5.91 Å². The van der Waals surface area contributed by atoms with Crippen LogP contribution in [0.25, 0.3) is 0 Å². The predicted molar refractivity (Wildman–Crippen MR) is 143 cm³/mol. The lowest BCUT2D eigenvalue weighted by atomic mass is 9.51. The number of methoxy groups -OCH3 is 1. The van der Waals surface area contributed by atoms with Crippen LogP contribution in [0.3, 0.4) is 0 Å². The van der Waals surface area contributed by atoms with Crippen molar-refractivity contribution in [2.24, 2.45) is 5.92 Å². The molecule has 216 valence electrons. The van der Waals surface area contributed by atoms with Crippen molar-refractivity contribution in [1.29, 1.82) is 0 Å². The number of nitrogens with zero attached hydrogens (tertiary/aromatic N) is 2. The van der Waals surface area contributed by atoms with Gasteiger partial charge in [-0.05, 0) is 69.5 Å². The molecule has 5 atom stereocenters. The number of hydrogen-bond donors (Lipinski definition) is 0. The standard InChI is InChI=1S/C31H31F3N2O5/c1-17(37)40-24-16-25(39-4)28-27-20(24)15-23-21-10-11-22(29(41-28)30(21,27)13-14-35(23)2)36(3)26(38)12-7-18-5-8-19(9-6-18)31(32,33)34/h5-6,8-9,16,21-23,29H,10-11,13-15H2,1-4H3/t21-,22-,23+,29-,30-/m0/s1. The van der Waals surface area contributed by atoms with Crippen LogP contribution in [0.15, 0.2) is 30.3 Å². The molecule has 1 spiro atoms. The number of ether oxygens (including phenoxy) is 3. The van der Waals surface area contributed by atoms with E-state index < -0.39 is 23.6 Å². The van der Waals surface area contributed by atoms with Crippen LogP contribution >= 0.6 is 0 Å². The van der Waals surface area contributed by atoms with Crippen molar-refractivity contribution < 1.29 is 37.0 Å². The van der Waals surface area contributed by atoms with E-state index in [1.807, 2.05) is 0 Å². The largest absolute Gasteiger partial charge is 0.493 e. The number of carbonyl (C=O) groups excluding carboxylic acids is 2. The summed E-state index contributed by atoms with van der Waals surface area (Å²) in [6, 6.07) is 6.10. The third-order valence-corrected chi connectivity index (χ3v) is 9.45. The van der Waals surface area contributed by atoms with E-state index in [1.54, 1.807) is 25.1 Å². The Bertz CT molecular complexity index is 1480. The molecule has 1 saturated heterocycles. The third-order valence-electron chi connectivity index (χ3n) is 9.45. The highest BCUT2D eigenvalue weighted by Gasteiger charge is 2.66. The summed E-state index contributed by atoms with van der Waals surface area (Å²) in [5, 5.41) is 0. The van der Waals surface area contributed by atoms with Crippen LogP contribution in [0.1, 0.15) is 48.4 Å². The van der Waals surface area contributed by atoms with Crippen molar-refractivity contribution in [3.63, 3.8) is 0 Å². The van der Waals surface area contributed by atoms with Crippen LogP contribution in [0, 0.1) is 17.8 Å². The lowest BCUT2D eigenvalue weighted by molar-refractivity contribution is -0.137. The number of piperidine rings is 1. The molecule has 2 aromatic carbocycles. The molecule has 7 nitrogen and oxygen atoms in total. The van der Waals surface area contributed by atoms with Crippen molar-refractivity contribution in [2.75, 3.05) is 27.7 Å². The number of alkyl halides is 3. The maximum Gasteiger partial charge on any atom is 0.416 e. The van der Waals surface area contributed by atoms with E-state index in [-0.39, 0.29) is 29.5 Å². The molecule has 41 heavy (non-hydrogen) atoms. The Hall–Kier alpha value is -3.71. The number of halogens is 3. The van der Waals surface area contributed by atoms with Gasteiger partial charge in [-0.3, -0.25) is 9.59 Å². The zero-order valence-electron chi connectivity index (χ0n) is 23.3. The Morgan fingerprint density at radius 1 is 1.17 bits per heavy atom. The van der Waals surface area contributed by atoms with E-state index in [9.17, 15) is 22.8 Å². The number of likely N-dealkylation sites (tertiary alicyclic amines) is 1. The number of esters is 1. The minimum absolute atomic E-state index is 0.234. The number of hydrogen-bond acceptors (Lipinski definition) is 6. The Morgan fingerprint density at radius 3 is 2.56 bits per heavy atom. The molecular formula is C31H31F3N2O5. The molecule has 0 aromatic heterocycles. The molecule has 2 aromatic rings. The van der Waals surface area contributed by atoms with Crippen molar-refractivity contribution in [3.8, 4) is 29.1 Å². The molecule has 6 rings (SSSR count). The molecule has 4 aliphatic rings. The molecule has 2 heterocycles. The van der Waals surface area contributed by atoms with Gasteiger partial charge < -0.3 is 24.0 Å². The summed E-state index contributed by atoms with van der Waals surface area (Å²) in [5.41, 5.74) is 1.17. The van der Waals surface area contributed by atoms with Gasteiger partial charge in [0, 0.05) is 54.1 Å². The average Bonchev–Trinajstić information content (AvgIpc) is 3.28. The van der Waals surface area contributed by atoms with Crippen molar-refractivity contribution in [2.45, 2.75) is 62.4 Å². The first-order valence-corrected chi connectivity index (χ1v) is 13.7. The number of likely N-dealkylation sites (N-methyl/N-ethyl adjacent to an activating group) is 2. The van der Waals surface area contributed by atoms with Crippen molar-refractivity contribution >= 4 is 11.9 Å². The minimum Gasteiger partial charge on any atom is -0.493 e. The van der Waals surface area contributed by atoms with Gasteiger partial charge in [0.2, 0.25) is 0 Å². The smallest absolute Gasteiger partial charge is 0.416 e. The summed E-state index contributed by atoms with van der Waals surface area (Å²) < 4.78 is 56.9. The molecular weight excluding hydrogens is 537 g/mol. The molecule has 0 N–H and O–H groups in total. The first kappa shape index (κ1) is 27.5. The predicted octanol–water partition coefficient (Wildman–Crippen LogP) is 4.19. The summed E-state index contributed by atoms with van der Waals surface area (Å²) in [6.07, 6.45) is -1.65. The van der Waals surface area contributed by atoms with E-state index in [4.69, 9.17) is 14.2 Å². The normalized spacial score (nSPS) is 27.6. The van der Waals surface area contributed by atoms with E-state index in [0.717, 1.165) is 49.1 Å². The van der Waals surface area contributed by atoms with E-state index in [2.05, 4.69) is 23.8 Å². The fraction of sp³-hybridized carbons (Fsp3) is 0.484. The highest BCUT2D eigenvalue weighted by atomic mass is 19.4. The summed E-state index contributed by atoms with van der Waals surface area (Å²) >= 11 is 0. The van der Waals surface area contributed by atoms with Crippen LogP contribution in [0.5, 0.6) is 17.2 Å². The molecule has 2 fully saturated rings. The molecule has 10 heteroatoms. The third kappa shape index (κ3) is 4.24. The Morgan fingerprint density at radius 2 is 1.90 bits per heavy atom. The Labute approximate surface area is 236 Å². The second kappa shape index (κ2) is 9.69. The molecule has 1 saturated carbocycles. The number of benzene rings is 2. The summed E-state index contributed by atoms with van der Waals surface area (Å²) in [7, 11) is 5.39. The van der Waals surface area contributed by atoms with Crippen LogP contribution in [0.2, 0.25) is 0 Å². The average molecular weight is 569 g/mol. The van der Waals surface area contributed by atoms with Crippen LogP contribution in [-0.2, 0) is 27.6 Å². The van der Waals surface area contributed by atoms with Gasteiger partial charge in [-0.15, -0.1) is 0 Å². The monoisotopic (exact) mass is 568 g/mol. The van der Waals surface area contributed by atoms with Gasteiger partial charge in [-0.2, -0.15) is 13.2 Å². The minimum atomic E-state index is -4.44. The van der Waals surface area contributed by atoms with E-state index >= 15 is 0 Å². The molecule has 0 radical (unpaired) electrons. The molecule has 2 aliphatic carbocycles. The zero-order valence-corrected chi connectivity index (χ0v) is 23.3.